The molecule has 0 aliphatic rings. The number of hydrogen-bond donors (Lipinski definition) is 0. The second-order valence-electron chi connectivity index (χ2n) is 4.14. The normalized spacial score (nSPS) is 10.8. The Morgan fingerprint density at radius 2 is 1.63 bits per heavy atom. The van der Waals surface area contributed by atoms with Crippen LogP contribution < -0.4 is 4.74 Å². The van der Waals surface area contributed by atoms with Crippen LogP contribution in [0.25, 0.3) is 10.1 Å². The van der Waals surface area contributed by atoms with Gasteiger partial charge in [-0.2, -0.15) is 0 Å². The second-order valence-corrected chi connectivity index (χ2v) is 5.31. The Labute approximate surface area is 113 Å². The standard InChI is InChI=1S/C15H10F2OS/c16-11-1-4-13(5-2-11)18-9-14-8-10-7-12(17)3-6-15(10)19-14/h1-8H,9H2. The van der Waals surface area contributed by atoms with Crippen LogP contribution in [-0.2, 0) is 6.61 Å². The van der Waals surface area contributed by atoms with Crippen LogP contribution in [0.15, 0.2) is 48.5 Å². The van der Waals surface area contributed by atoms with Crippen LogP contribution in [0.2, 0.25) is 0 Å². The summed E-state index contributed by atoms with van der Waals surface area (Å²) in [6, 6.07) is 12.5. The summed E-state index contributed by atoms with van der Waals surface area (Å²) in [4.78, 5) is 1.00. The third kappa shape index (κ3) is 2.74. The Hall–Kier alpha value is -1.94. The third-order valence-corrected chi connectivity index (χ3v) is 3.81. The lowest BCUT2D eigenvalue weighted by Gasteiger charge is -2.03. The molecule has 0 radical (unpaired) electrons. The van der Waals surface area contributed by atoms with Gasteiger partial charge in [0.15, 0.2) is 0 Å². The van der Waals surface area contributed by atoms with Crippen molar-refractivity contribution in [2.75, 3.05) is 0 Å². The van der Waals surface area contributed by atoms with Gasteiger partial charge in [0.1, 0.15) is 24.0 Å². The fourth-order valence-corrected chi connectivity index (χ4v) is 2.78. The van der Waals surface area contributed by atoms with E-state index in [2.05, 4.69) is 0 Å². The van der Waals surface area contributed by atoms with Gasteiger partial charge in [-0.1, -0.05) is 0 Å². The summed E-state index contributed by atoms with van der Waals surface area (Å²) < 4.78 is 32.4. The number of ether oxygens (including phenoxy) is 1. The van der Waals surface area contributed by atoms with E-state index < -0.39 is 0 Å². The van der Waals surface area contributed by atoms with E-state index in [-0.39, 0.29) is 11.6 Å². The van der Waals surface area contributed by atoms with Crippen molar-refractivity contribution in [3.63, 3.8) is 0 Å². The lowest BCUT2D eigenvalue weighted by molar-refractivity contribution is 0.309. The molecule has 1 aromatic heterocycles. The topological polar surface area (TPSA) is 9.23 Å². The van der Waals surface area contributed by atoms with E-state index in [1.165, 1.54) is 24.3 Å². The summed E-state index contributed by atoms with van der Waals surface area (Å²) in [5.74, 6) is 0.0889. The third-order valence-electron chi connectivity index (χ3n) is 2.72. The van der Waals surface area contributed by atoms with E-state index in [1.807, 2.05) is 6.07 Å². The minimum atomic E-state index is -0.287. The van der Waals surface area contributed by atoms with E-state index in [4.69, 9.17) is 4.74 Å². The molecular weight excluding hydrogens is 266 g/mol. The van der Waals surface area contributed by atoms with Crippen LogP contribution in [0.4, 0.5) is 8.78 Å². The molecule has 96 valence electrons. The predicted octanol–water partition coefficient (Wildman–Crippen LogP) is 4.76. The SMILES string of the molecule is Fc1ccc(OCc2cc3cc(F)ccc3s2)cc1. The van der Waals surface area contributed by atoms with Gasteiger partial charge in [-0.05, 0) is 53.9 Å². The van der Waals surface area contributed by atoms with Crippen molar-refractivity contribution < 1.29 is 13.5 Å². The largest absolute Gasteiger partial charge is 0.488 e. The molecule has 1 heterocycles. The van der Waals surface area contributed by atoms with Gasteiger partial charge in [-0.3, -0.25) is 0 Å². The monoisotopic (exact) mass is 276 g/mol. The van der Waals surface area contributed by atoms with E-state index in [9.17, 15) is 8.78 Å². The van der Waals surface area contributed by atoms with Crippen molar-refractivity contribution in [2.24, 2.45) is 0 Å². The zero-order valence-electron chi connectivity index (χ0n) is 9.90. The van der Waals surface area contributed by atoms with E-state index in [0.717, 1.165) is 15.0 Å². The molecule has 0 saturated heterocycles. The maximum absolute atomic E-state index is 13.1. The van der Waals surface area contributed by atoms with Crippen LogP contribution >= 0.6 is 11.3 Å². The van der Waals surface area contributed by atoms with Crippen molar-refractivity contribution in [1.29, 1.82) is 0 Å². The van der Waals surface area contributed by atoms with Gasteiger partial charge in [-0.15, -0.1) is 11.3 Å². The molecule has 2 aromatic carbocycles. The highest BCUT2D eigenvalue weighted by atomic mass is 32.1. The average Bonchev–Trinajstić information content (AvgIpc) is 2.80. The molecule has 0 bridgehead atoms. The first kappa shape index (κ1) is 12.1. The first-order valence-corrected chi connectivity index (χ1v) is 6.59. The Morgan fingerprint density at radius 1 is 0.895 bits per heavy atom. The zero-order valence-corrected chi connectivity index (χ0v) is 10.7. The predicted molar refractivity (Wildman–Crippen MR) is 72.5 cm³/mol. The number of thiophene rings is 1. The van der Waals surface area contributed by atoms with Crippen LogP contribution in [0.1, 0.15) is 4.88 Å². The van der Waals surface area contributed by atoms with Crippen LogP contribution in [-0.4, -0.2) is 0 Å². The molecule has 3 rings (SSSR count). The summed E-state index contributed by atoms with van der Waals surface area (Å²) in [5, 5.41) is 0.878. The van der Waals surface area contributed by atoms with Crippen molar-refractivity contribution in [1.82, 2.24) is 0 Å². The lowest BCUT2D eigenvalue weighted by atomic mass is 10.2. The highest BCUT2D eigenvalue weighted by molar-refractivity contribution is 7.19. The van der Waals surface area contributed by atoms with Crippen LogP contribution in [0, 0.1) is 11.6 Å². The van der Waals surface area contributed by atoms with E-state index in [1.54, 1.807) is 29.5 Å². The Morgan fingerprint density at radius 3 is 2.42 bits per heavy atom. The van der Waals surface area contributed by atoms with Gasteiger partial charge in [0.05, 0.1) is 0 Å². The van der Waals surface area contributed by atoms with Crippen molar-refractivity contribution in [2.45, 2.75) is 6.61 Å². The quantitative estimate of drug-likeness (QED) is 0.670. The van der Waals surface area contributed by atoms with Crippen molar-refractivity contribution >= 4 is 21.4 Å². The molecule has 0 fully saturated rings. The fraction of sp³-hybridized carbons (Fsp3) is 0.0667. The molecule has 0 saturated carbocycles. The first-order chi connectivity index (χ1) is 9.20. The fourth-order valence-electron chi connectivity index (χ4n) is 1.83. The van der Waals surface area contributed by atoms with Crippen LogP contribution in [0.5, 0.6) is 5.75 Å². The summed E-state index contributed by atoms with van der Waals surface area (Å²) in [5.41, 5.74) is 0. The number of hydrogen-bond acceptors (Lipinski definition) is 2. The van der Waals surface area contributed by atoms with E-state index >= 15 is 0 Å². The number of benzene rings is 2. The molecule has 3 aromatic rings. The molecule has 0 aliphatic carbocycles. The van der Waals surface area contributed by atoms with Gasteiger partial charge >= 0.3 is 0 Å². The van der Waals surface area contributed by atoms with Gasteiger partial charge in [-0.25, -0.2) is 8.78 Å². The maximum Gasteiger partial charge on any atom is 0.123 e. The summed E-state index contributed by atoms with van der Waals surface area (Å²) in [6.45, 7) is 0.395. The zero-order chi connectivity index (χ0) is 13.2. The van der Waals surface area contributed by atoms with E-state index in [0.29, 0.717) is 12.4 Å². The minimum Gasteiger partial charge on any atom is -0.488 e. The summed E-state index contributed by atoms with van der Waals surface area (Å²) in [7, 11) is 0. The maximum atomic E-state index is 13.1. The van der Waals surface area contributed by atoms with Gasteiger partial charge in [0.25, 0.3) is 0 Å². The lowest BCUT2D eigenvalue weighted by Crippen LogP contribution is -1.92. The number of rotatable bonds is 3. The van der Waals surface area contributed by atoms with Gasteiger partial charge in [0.2, 0.25) is 0 Å². The average molecular weight is 276 g/mol. The highest BCUT2D eigenvalue weighted by Crippen LogP contribution is 2.27. The van der Waals surface area contributed by atoms with Crippen molar-refractivity contribution in [3.05, 3.63) is 65.0 Å². The molecule has 19 heavy (non-hydrogen) atoms. The molecule has 4 heteroatoms. The highest BCUT2D eigenvalue weighted by Gasteiger charge is 2.04. The molecule has 0 aliphatic heterocycles. The Balaban J connectivity index is 1.76. The molecule has 0 spiro atoms. The smallest absolute Gasteiger partial charge is 0.123 e. The van der Waals surface area contributed by atoms with Crippen molar-refractivity contribution in [3.8, 4) is 5.75 Å². The number of halogens is 2. The molecule has 0 atom stereocenters. The van der Waals surface area contributed by atoms with Crippen LogP contribution in [0.3, 0.4) is 0 Å². The summed E-state index contributed by atoms with van der Waals surface area (Å²) >= 11 is 1.56. The molecule has 0 N–H and O–H groups in total. The number of fused-ring (bicyclic) bond motifs is 1. The Bertz CT molecular complexity index is 704. The summed E-state index contributed by atoms with van der Waals surface area (Å²) in [6.07, 6.45) is 0. The molecule has 1 nitrogen and oxygen atoms in total. The first-order valence-electron chi connectivity index (χ1n) is 5.77. The van der Waals surface area contributed by atoms with Gasteiger partial charge < -0.3 is 4.74 Å². The molecule has 0 amide bonds. The molecular formula is C15H10F2OS. The van der Waals surface area contributed by atoms with Gasteiger partial charge in [0, 0.05) is 9.58 Å². The Kier molecular flexibility index (Phi) is 3.17. The molecule has 0 unspecified atom stereocenters. The second kappa shape index (κ2) is 4.97. The minimum absolute atomic E-state index is 0.240.